The first-order chi connectivity index (χ1) is 10.1. The number of nitrogens with one attached hydrogen (secondary N) is 1. The van der Waals surface area contributed by atoms with Gasteiger partial charge in [0, 0.05) is 6.20 Å². The largest absolute Gasteiger partial charge is 0.496 e. The molecule has 0 aliphatic rings. The van der Waals surface area contributed by atoms with Crippen LogP contribution in [0.4, 0.5) is 0 Å². The highest BCUT2D eigenvalue weighted by atomic mass is 79.9. The van der Waals surface area contributed by atoms with Crippen molar-refractivity contribution >= 4 is 27.5 Å². The topological polar surface area (TPSA) is 34.1 Å². The van der Waals surface area contributed by atoms with Gasteiger partial charge in [0.05, 0.1) is 28.3 Å². The summed E-state index contributed by atoms with van der Waals surface area (Å²) in [4.78, 5) is 4.42. The molecule has 3 nitrogen and oxygen atoms in total. The van der Waals surface area contributed by atoms with Gasteiger partial charge in [0.15, 0.2) is 0 Å². The molecule has 1 atom stereocenters. The minimum absolute atomic E-state index is 0.160. The molecule has 2 aromatic rings. The molecule has 0 amide bonds. The zero-order valence-electron chi connectivity index (χ0n) is 12.1. The van der Waals surface area contributed by atoms with Gasteiger partial charge in [0.2, 0.25) is 0 Å². The predicted octanol–water partition coefficient (Wildman–Crippen LogP) is 4.40. The molecule has 112 valence electrons. The minimum atomic E-state index is 0.160. The first-order valence-corrected chi connectivity index (χ1v) is 7.98. The van der Waals surface area contributed by atoms with Gasteiger partial charge >= 0.3 is 0 Å². The van der Waals surface area contributed by atoms with E-state index in [2.05, 4.69) is 45.3 Å². The fraction of sp³-hybridized carbons (Fsp3) is 0.312. The van der Waals surface area contributed by atoms with E-state index < -0.39 is 0 Å². The Balaban J connectivity index is 2.19. The Bertz CT molecular complexity index is 589. The molecule has 2 rings (SSSR count). The highest BCUT2D eigenvalue weighted by Crippen LogP contribution is 2.27. The first-order valence-electron chi connectivity index (χ1n) is 6.81. The van der Waals surface area contributed by atoms with E-state index >= 15 is 0 Å². The van der Waals surface area contributed by atoms with Crippen molar-refractivity contribution in [2.45, 2.75) is 19.4 Å². The highest BCUT2D eigenvalue weighted by molar-refractivity contribution is 9.10. The van der Waals surface area contributed by atoms with E-state index in [-0.39, 0.29) is 6.04 Å². The van der Waals surface area contributed by atoms with Crippen molar-refractivity contribution in [3.05, 3.63) is 57.3 Å². The van der Waals surface area contributed by atoms with Crippen LogP contribution in [-0.4, -0.2) is 18.6 Å². The van der Waals surface area contributed by atoms with Crippen molar-refractivity contribution in [1.29, 1.82) is 0 Å². The molecule has 0 radical (unpaired) electrons. The third-order valence-corrected chi connectivity index (χ3v) is 4.06. The van der Waals surface area contributed by atoms with Gasteiger partial charge in [-0.3, -0.25) is 4.98 Å². The lowest BCUT2D eigenvalue weighted by molar-refractivity contribution is 0.412. The molecule has 0 saturated heterocycles. The number of hydrogen-bond acceptors (Lipinski definition) is 3. The predicted molar refractivity (Wildman–Crippen MR) is 90.1 cm³/mol. The number of benzene rings is 1. The number of hydrogen-bond donors (Lipinski definition) is 1. The average molecular weight is 370 g/mol. The van der Waals surface area contributed by atoms with Crippen molar-refractivity contribution in [1.82, 2.24) is 10.3 Å². The van der Waals surface area contributed by atoms with Crippen molar-refractivity contribution in [3.8, 4) is 5.75 Å². The smallest absolute Gasteiger partial charge is 0.133 e. The van der Waals surface area contributed by atoms with E-state index in [0.29, 0.717) is 5.02 Å². The normalized spacial score (nSPS) is 12.2. The summed E-state index contributed by atoms with van der Waals surface area (Å²) in [5.41, 5.74) is 2.21. The van der Waals surface area contributed by atoms with Gasteiger partial charge in [-0.25, -0.2) is 0 Å². The maximum Gasteiger partial charge on any atom is 0.133 e. The molecule has 5 heteroatoms. The molecular weight excluding hydrogens is 352 g/mol. The van der Waals surface area contributed by atoms with Crippen molar-refractivity contribution < 1.29 is 4.74 Å². The van der Waals surface area contributed by atoms with Crippen LogP contribution >= 0.6 is 27.5 Å². The summed E-state index contributed by atoms with van der Waals surface area (Å²) >= 11 is 9.43. The summed E-state index contributed by atoms with van der Waals surface area (Å²) < 4.78 is 6.22. The fourth-order valence-electron chi connectivity index (χ4n) is 2.19. The van der Waals surface area contributed by atoms with E-state index in [9.17, 15) is 0 Å². The number of ether oxygens (including phenoxy) is 1. The van der Waals surface area contributed by atoms with E-state index in [1.54, 1.807) is 13.3 Å². The van der Waals surface area contributed by atoms with Crippen LogP contribution in [0.15, 0.2) is 41.0 Å². The Morgan fingerprint density at radius 3 is 2.71 bits per heavy atom. The number of halogens is 2. The number of nitrogens with zero attached hydrogens (tertiary/aromatic N) is 1. The summed E-state index contributed by atoms with van der Waals surface area (Å²) in [6.45, 7) is 2.97. The number of pyridine rings is 1. The Morgan fingerprint density at radius 1 is 1.33 bits per heavy atom. The summed E-state index contributed by atoms with van der Waals surface area (Å²) in [6, 6.07) is 10.1. The molecule has 21 heavy (non-hydrogen) atoms. The van der Waals surface area contributed by atoms with Crippen LogP contribution < -0.4 is 10.1 Å². The van der Waals surface area contributed by atoms with E-state index in [1.165, 1.54) is 5.56 Å². The maximum atomic E-state index is 5.90. The van der Waals surface area contributed by atoms with Crippen LogP contribution in [0.1, 0.15) is 24.2 Å². The average Bonchev–Trinajstić information content (AvgIpc) is 2.48. The van der Waals surface area contributed by atoms with Crippen molar-refractivity contribution in [2.75, 3.05) is 13.7 Å². The molecule has 0 bridgehead atoms. The zero-order valence-corrected chi connectivity index (χ0v) is 14.4. The van der Waals surface area contributed by atoms with Crippen molar-refractivity contribution in [2.24, 2.45) is 0 Å². The molecule has 0 spiro atoms. The second-order valence-corrected chi connectivity index (χ2v) is 5.98. The molecule has 1 aromatic heterocycles. The summed E-state index contributed by atoms with van der Waals surface area (Å²) in [5.74, 6) is 0.836. The monoisotopic (exact) mass is 368 g/mol. The number of aromatic nitrogens is 1. The molecule has 0 aliphatic heterocycles. The standard InChI is InChI=1S/C16H18BrClN2O/c1-3-19-15(14-6-5-12(18)10-20-14)9-11-4-7-16(21-2)13(17)8-11/h4-8,10,15,19H,3,9H2,1-2H3. The maximum absolute atomic E-state index is 5.90. The lowest BCUT2D eigenvalue weighted by Gasteiger charge is -2.18. The lowest BCUT2D eigenvalue weighted by atomic mass is 10.0. The Morgan fingerprint density at radius 2 is 2.14 bits per heavy atom. The Hall–Kier alpha value is -1.10. The second-order valence-electron chi connectivity index (χ2n) is 4.68. The Kier molecular flexibility index (Phi) is 6.03. The Labute approximate surface area is 138 Å². The van der Waals surface area contributed by atoms with E-state index in [1.807, 2.05) is 18.2 Å². The molecule has 1 heterocycles. The third kappa shape index (κ3) is 4.43. The second kappa shape index (κ2) is 7.78. The van der Waals surface area contributed by atoms with E-state index in [0.717, 1.165) is 28.9 Å². The van der Waals surface area contributed by atoms with Crippen LogP contribution in [0, 0.1) is 0 Å². The quantitative estimate of drug-likeness (QED) is 0.819. The molecule has 1 N–H and O–H groups in total. The van der Waals surface area contributed by atoms with Crippen LogP contribution in [0.5, 0.6) is 5.75 Å². The summed E-state index contributed by atoms with van der Waals surface area (Å²) in [5, 5.41) is 4.12. The van der Waals surface area contributed by atoms with Crippen LogP contribution in [-0.2, 0) is 6.42 Å². The molecule has 1 unspecified atom stereocenters. The summed E-state index contributed by atoms with van der Waals surface area (Å²) in [7, 11) is 1.67. The number of methoxy groups -OCH3 is 1. The van der Waals surface area contributed by atoms with E-state index in [4.69, 9.17) is 16.3 Å². The van der Waals surface area contributed by atoms with Gasteiger partial charge in [-0.2, -0.15) is 0 Å². The molecular formula is C16H18BrClN2O. The number of rotatable bonds is 6. The molecule has 1 aromatic carbocycles. The SMILES string of the molecule is CCNC(Cc1ccc(OC)c(Br)c1)c1ccc(Cl)cn1. The van der Waals surface area contributed by atoms with Gasteiger partial charge in [0.25, 0.3) is 0 Å². The highest BCUT2D eigenvalue weighted by Gasteiger charge is 2.13. The lowest BCUT2D eigenvalue weighted by Crippen LogP contribution is -2.23. The molecule has 0 saturated carbocycles. The van der Waals surface area contributed by atoms with Crippen LogP contribution in [0.2, 0.25) is 5.02 Å². The van der Waals surface area contributed by atoms with Gasteiger partial charge in [-0.15, -0.1) is 0 Å². The van der Waals surface area contributed by atoms with Gasteiger partial charge in [-0.05, 0) is 58.7 Å². The van der Waals surface area contributed by atoms with Gasteiger partial charge < -0.3 is 10.1 Å². The van der Waals surface area contributed by atoms with Crippen LogP contribution in [0.3, 0.4) is 0 Å². The van der Waals surface area contributed by atoms with Gasteiger partial charge in [0.1, 0.15) is 5.75 Å². The number of likely N-dealkylation sites (N-methyl/N-ethyl adjacent to an activating group) is 1. The van der Waals surface area contributed by atoms with Crippen molar-refractivity contribution in [3.63, 3.8) is 0 Å². The van der Waals surface area contributed by atoms with Crippen LogP contribution in [0.25, 0.3) is 0 Å². The minimum Gasteiger partial charge on any atom is -0.496 e. The third-order valence-electron chi connectivity index (χ3n) is 3.21. The molecule has 0 fully saturated rings. The first kappa shape index (κ1) is 16.3. The fourth-order valence-corrected chi connectivity index (χ4v) is 2.89. The summed E-state index contributed by atoms with van der Waals surface area (Å²) in [6.07, 6.45) is 2.54. The molecule has 0 aliphatic carbocycles. The zero-order chi connectivity index (χ0) is 15.2. The van der Waals surface area contributed by atoms with Gasteiger partial charge in [-0.1, -0.05) is 24.6 Å².